The van der Waals surface area contributed by atoms with E-state index in [4.69, 9.17) is 9.47 Å². The summed E-state index contributed by atoms with van der Waals surface area (Å²) in [6.45, 7) is -0.936. The van der Waals surface area contributed by atoms with Crippen molar-refractivity contribution in [2.24, 2.45) is 0 Å². The molecule has 2 aromatic rings. The van der Waals surface area contributed by atoms with Crippen LogP contribution in [0.2, 0.25) is 0 Å². The summed E-state index contributed by atoms with van der Waals surface area (Å²) in [6.07, 6.45) is 0.689. The van der Waals surface area contributed by atoms with Gasteiger partial charge in [0.25, 0.3) is 5.91 Å². The normalized spacial score (nSPS) is 9.81. The Morgan fingerprint density at radius 2 is 1.70 bits per heavy atom. The Kier molecular flexibility index (Phi) is 7.07. The number of nitrogens with one attached hydrogen (secondary N) is 1. The number of aldehydes is 1. The zero-order valence-corrected chi connectivity index (χ0v) is 14.5. The second-order valence-corrected chi connectivity index (χ2v) is 5.22. The second-order valence-electron chi connectivity index (χ2n) is 5.22. The molecular weight excluding hydrogens is 354 g/mol. The van der Waals surface area contributed by atoms with Gasteiger partial charge in [0.15, 0.2) is 13.2 Å². The van der Waals surface area contributed by atoms with Crippen LogP contribution in [0.25, 0.3) is 0 Å². The Bertz CT molecular complexity index is 830. The average molecular weight is 371 g/mol. The molecule has 0 bridgehead atoms. The third kappa shape index (κ3) is 5.96. The summed E-state index contributed by atoms with van der Waals surface area (Å²) in [5.74, 6) is -1.58. The van der Waals surface area contributed by atoms with Gasteiger partial charge in [-0.1, -0.05) is 12.1 Å². The van der Waals surface area contributed by atoms with Crippen molar-refractivity contribution >= 4 is 29.8 Å². The van der Waals surface area contributed by atoms with E-state index < -0.39 is 31.1 Å². The summed E-state index contributed by atoms with van der Waals surface area (Å²) in [6, 6.07) is 12.4. The second kappa shape index (κ2) is 9.71. The SMILES string of the molecule is COC(=O)c1ccccc1NC(=O)COC(=O)COc1ccc(C=O)cc1. The fraction of sp³-hybridized carbons (Fsp3) is 0.158. The molecule has 2 rings (SSSR count). The zero-order chi connectivity index (χ0) is 19.6. The van der Waals surface area contributed by atoms with E-state index in [1.807, 2.05) is 0 Å². The number of rotatable bonds is 8. The lowest BCUT2D eigenvalue weighted by atomic mass is 10.2. The lowest BCUT2D eigenvalue weighted by Gasteiger charge is -2.10. The Morgan fingerprint density at radius 1 is 1.00 bits per heavy atom. The molecule has 0 aliphatic carbocycles. The van der Waals surface area contributed by atoms with Gasteiger partial charge in [-0.15, -0.1) is 0 Å². The number of amides is 1. The summed E-state index contributed by atoms with van der Waals surface area (Å²) in [4.78, 5) is 45.8. The number of hydrogen-bond acceptors (Lipinski definition) is 7. The molecule has 0 aliphatic rings. The van der Waals surface area contributed by atoms with Gasteiger partial charge in [0.05, 0.1) is 18.4 Å². The predicted octanol–water partition coefficient (Wildman–Crippen LogP) is 1.85. The first-order chi connectivity index (χ1) is 13.0. The van der Waals surface area contributed by atoms with Crippen molar-refractivity contribution in [1.82, 2.24) is 0 Å². The van der Waals surface area contributed by atoms with Crippen molar-refractivity contribution in [2.75, 3.05) is 25.6 Å². The first-order valence-electron chi connectivity index (χ1n) is 7.84. The van der Waals surface area contributed by atoms with Crippen LogP contribution in [0.3, 0.4) is 0 Å². The molecule has 0 heterocycles. The number of methoxy groups -OCH3 is 1. The molecule has 2 aromatic carbocycles. The summed E-state index contributed by atoms with van der Waals surface area (Å²) < 4.78 is 14.7. The molecule has 8 nitrogen and oxygen atoms in total. The lowest BCUT2D eigenvalue weighted by molar-refractivity contribution is -0.149. The van der Waals surface area contributed by atoms with Gasteiger partial charge in [0.1, 0.15) is 12.0 Å². The smallest absolute Gasteiger partial charge is 0.344 e. The molecule has 0 unspecified atom stereocenters. The van der Waals surface area contributed by atoms with E-state index in [0.29, 0.717) is 17.6 Å². The number of hydrogen-bond donors (Lipinski definition) is 1. The fourth-order valence-corrected chi connectivity index (χ4v) is 2.04. The minimum atomic E-state index is -0.745. The standard InChI is InChI=1S/C19H17NO7/c1-25-19(24)15-4-2-3-5-16(15)20-17(22)11-27-18(23)12-26-14-8-6-13(10-21)7-9-14/h2-10H,11-12H2,1H3,(H,20,22). The molecule has 8 heteroatoms. The molecule has 0 radical (unpaired) electrons. The molecule has 0 aromatic heterocycles. The molecule has 0 fully saturated rings. The number of benzene rings is 2. The number of carbonyl (C=O) groups excluding carboxylic acids is 4. The van der Waals surface area contributed by atoms with E-state index in [1.165, 1.54) is 31.4 Å². The monoisotopic (exact) mass is 371 g/mol. The van der Waals surface area contributed by atoms with Crippen molar-refractivity contribution in [3.8, 4) is 5.75 Å². The number of ether oxygens (including phenoxy) is 3. The van der Waals surface area contributed by atoms with Crippen LogP contribution < -0.4 is 10.1 Å². The van der Waals surface area contributed by atoms with Gasteiger partial charge in [-0.25, -0.2) is 9.59 Å². The summed E-state index contributed by atoms with van der Waals surface area (Å²) in [7, 11) is 1.23. The van der Waals surface area contributed by atoms with Crippen LogP contribution >= 0.6 is 0 Å². The van der Waals surface area contributed by atoms with Crippen molar-refractivity contribution in [2.45, 2.75) is 0 Å². The van der Waals surface area contributed by atoms with Crippen molar-refractivity contribution in [3.05, 3.63) is 59.7 Å². The predicted molar refractivity (Wildman–Crippen MR) is 94.7 cm³/mol. The third-order valence-corrected chi connectivity index (χ3v) is 3.34. The molecule has 0 atom stereocenters. The lowest BCUT2D eigenvalue weighted by Crippen LogP contribution is -2.24. The van der Waals surface area contributed by atoms with Gasteiger partial charge >= 0.3 is 11.9 Å². The zero-order valence-electron chi connectivity index (χ0n) is 14.5. The first-order valence-corrected chi connectivity index (χ1v) is 7.84. The molecule has 0 spiro atoms. The van der Waals surface area contributed by atoms with Crippen LogP contribution in [-0.2, 0) is 19.1 Å². The van der Waals surface area contributed by atoms with Gasteiger partial charge in [0.2, 0.25) is 0 Å². The Labute approximate surface area is 155 Å². The largest absolute Gasteiger partial charge is 0.482 e. The van der Waals surface area contributed by atoms with E-state index in [9.17, 15) is 19.2 Å². The van der Waals surface area contributed by atoms with Gasteiger partial charge in [-0.05, 0) is 36.4 Å². The molecule has 0 saturated heterocycles. The fourth-order valence-electron chi connectivity index (χ4n) is 2.04. The first kappa shape index (κ1) is 19.6. The number of esters is 2. The Balaban J connectivity index is 1.80. The molecule has 0 saturated carbocycles. The quantitative estimate of drug-likeness (QED) is 0.557. The topological polar surface area (TPSA) is 108 Å². The molecule has 1 N–H and O–H groups in total. The highest BCUT2D eigenvalue weighted by atomic mass is 16.6. The van der Waals surface area contributed by atoms with Crippen LogP contribution in [-0.4, -0.2) is 44.5 Å². The summed E-state index contributed by atoms with van der Waals surface area (Å²) >= 11 is 0. The maximum Gasteiger partial charge on any atom is 0.344 e. The number of carbonyl (C=O) groups is 4. The van der Waals surface area contributed by atoms with Gasteiger partial charge in [0, 0.05) is 5.56 Å². The third-order valence-electron chi connectivity index (χ3n) is 3.34. The highest BCUT2D eigenvalue weighted by Crippen LogP contribution is 2.16. The maximum atomic E-state index is 11.9. The number of anilines is 1. The van der Waals surface area contributed by atoms with Crippen LogP contribution in [0, 0.1) is 0 Å². The van der Waals surface area contributed by atoms with Crippen LogP contribution in [0.5, 0.6) is 5.75 Å². The average Bonchev–Trinajstić information content (AvgIpc) is 2.71. The van der Waals surface area contributed by atoms with Gasteiger partial charge in [-0.3, -0.25) is 9.59 Å². The van der Waals surface area contributed by atoms with Crippen molar-refractivity contribution in [1.29, 1.82) is 0 Å². The van der Waals surface area contributed by atoms with E-state index in [0.717, 1.165) is 0 Å². The van der Waals surface area contributed by atoms with Crippen LogP contribution in [0.1, 0.15) is 20.7 Å². The highest BCUT2D eigenvalue weighted by Gasteiger charge is 2.14. The van der Waals surface area contributed by atoms with E-state index in [-0.39, 0.29) is 11.3 Å². The molecule has 0 aliphatic heterocycles. The minimum Gasteiger partial charge on any atom is -0.482 e. The molecule has 140 valence electrons. The Morgan fingerprint density at radius 3 is 2.37 bits per heavy atom. The van der Waals surface area contributed by atoms with E-state index >= 15 is 0 Å². The molecular formula is C19H17NO7. The van der Waals surface area contributed by atoms with Crippen molar-refractivity contribution < 1.29 is 33.4 Å². The molecule has 1 amide bonds. The maximum absolute atomic E-state index is 11.9. The van der Waals surface area contributed by atoms with Crippen molar-refractivity contribution in [3.63, 3.8) is 0 Å². The van der Waals surface area contributed by atoms with Crippen LogP contribution in [0.15, 0.2) is 48.5 Å². The van der Waals surface area contributed by atoms with E-state index in [1.54, 1.807) is 24.3 Å². The van der Waals surface area contributed by atoms with Gasteiger partial charge < -0.3 is 19.5 Å². The highest BCUT2D eigenvalue weighted by molar-refractivity contribution is 6.01. The summed E-state index contributed by atoms with van der Waals surface area (Å²) in [5, 5.41) is 2.48. The van der Waals surface area contributed by atoms with Gasteiger partial charge in [-0.2, -0.15) is 0 Å². The molecule has 27 heavy (non-hydrogen) atoms. The minimum absolute atomic E-state index is 0.182. The van der Waals surface area contributed by atoms with Crippen LogP contribution in [0.4, 0.5) is 5.69 Å². The Hall–Kier alpha value is -3.68. The van der Waals surface area contributed by atoms with E-state index in [2.05, 4.69) is 10.1 Å². The summed E-state index contributed by atoms with van der Waals surface area (Å²) in [5.41, 5.74) is 0.910. The number of para-hydroxylation sites is 1.